The Bertz CT molecular complexity index is 1260. The van der Waals surface area contributed by atoms with Gasteiger partial charge in [-0.3, -0.25) is 4.57 Å². The maximum absolute atomic E-state index is 15.0. The highest BCUT2D eigenvalue weighted by Gasteiger charge is 2.52. The molecule has 0 aromatic carbocycles. The van der Waals surface area contributed by atoms with Crippen molar-refractivity contribution < 1.29 is 38.8 Å². The molecule has 35 heavy (non-hydrogen) atoms. The van der Waals surface area contributed by atoms with Gasteiger partial charge in [-0.15, -0.1) is 0 Å². The van der Waals surface area contributed by atoms with E-state index in [-0.39, 0.29) is 33.0 Å². The number of pyridine rings is 1. The number of nitrogens with zero attached hydrogens (tertiary/aromatic N) is 5. The molecule has 1 fully saturated rings. The van der Waals surface area contributed by atoms with Gasteiger partial charge in [0.1, 0.15) is 22.9 Å². The van der Waals surface area contributed by atoms with Crippen LogP contribution in [-0.2, 0) is 25.5 Å². The zero-order valence-electron chi connectivity index (χ0n) is 17.5. The number of carboxylic acids is 2. The zero-order chi connectivity index (χ0) is 25.5. The van der Waals surface area contributed by atoms with E-state index in [9.17, 15) is 24.9 Å². The summed E-state index contributed by atoms with van der Waals surface area (Å²) in [6.45, 7) is -0.776. The number of nitrogen functional groups attached to an aromatic ring is 1. The minimum atomic E-state index is -2.78. The molecule has 0 spiro atoms. The fourth-order valence-electron chi connectivity index (χ4n) is 3.60. The predicted octanol–water partition coefficient (Wildman–Crippen LogP) is 0.874. The minimum absolute atomic E-state index is 0.0320. The van der Waals surface area contributed by atoms with Crippen LogP contribution in [-0.4, -0.2) is 82.3 Å². The number of aromatic nitrogens is 5. The SMILES string of the molecule is Nc1nc(Cl)nc2c1ncn2C1O[C@H](COC(Cc2ccc(Cl)nc2)(C(=O)O)C(=O)O)[C@@H](O)[C@@H]1F. The number of anilines is 1. The van der Waals surface area contributed by atoms with Crippen molar-refractivity contribution in [3.05, 3.63) is 40.7 Å². The maximum atomic E-state index is 15.0. The van der Waals surface area contributed by atoms with Crippen molar-refractivity contribution in [2.75, 3.05) is 12.3 Å². The van der Waals surface area contributed by atoms with Gasteiger partial charge >= 0.3 is 11.9 Å². The molecule has 1 aliphatic rings. The van der Waals surface area contributed by atoms with Crippen molar-refractivity contribution in [2.24, 2.45) is 0 Å². The number of aliphatic carboxylic acids is 2. The van der Waals surface area contributed by atoms with E-state index in [2.05, 4.69) is 19.9 Å². The van der Waals surface area contributed by atoms with Crippen molar-refractivity contribution >= 4 is 52.1 Å². The smallest absolute Gasteiger partial charge is 0.348 e. The molecule has 13 nitrogen and oxygen atoms in total. The Labute approximate surface area is 205 Å². The van der Waals surface area contributed by atoms with Gasteiger partial charge in [0.15, 0.2) is 23.9 Å². The molecule has 3 aromatic heterocycles. The van der Waals surface area contributed by atoms with Gasteiger partial charge in [-0.05, 0) is 23.2 Å². The fourth-order valence-corrected chi connectivity index (χ4v) is 3.89. The third-order valence-electron chi connectivity index (χ3n) is 5.42. The van der Waals surface area contributed by atoms with Crippen LogP contribution in [0.4, 0.5) is 10.2 Å². The van der Waals surface area contributed by atoms with Crippen LogP contribution >= 0.6 is 23.2 Å². The quantitative estimate of drug-likeness (QED) is 0.182. The molecule has 1 saturated heterocycles. The summed E-state index contributed by atoms with van der Waals surface area (Å²) in [4.78, 5) is 39.4. The van der Waals surface area contributed by atoms with Crippen molar-refractivity contribution in [2.45, 2.75) is 36.6 Å². The number of aliphatic hydroxyl groups excluding tert-OH is 1. The first-order chi connectivity index (χ1) is 16.5. The Balaban J connectivity index is 1.57. The molecule has 16 heteroatoms. The lowest BCUT2D eigenvalue weighted by atomic mass is 9.95. The van der Waals surface area contributed by atoms with Crippen molar-refractivity contribution in [3.63, 3.8) is 0 Å². The second-order valence-corrected chi connectivity index (χ2v) is 8.34. The molecule has 4 heterocycles. The summed E-state index contributed by atoms with van der Waals surface area (Å²) in [5, 5.41) is 29.7. The monoisotopic (exact) mass is 530 g/mol. The van der Waals surface area contributed by atoms with Gasteiger partial charge in [0.2, 0.25) is 5.28 Å². The number of fused-ring (bicyclic) bond motifs is 1. The number of halogens is 3. The Morgan fingerprint density at radius 1 is 1.23 bits per heavy atom. The fraction of sp³-hybridized carbons (Fsp3) is 0.368. The topological polar surface area (TPSA) is 196 Å². The van der Waals surface area contributed by atoms with Crippen LogP contribution in [0.5, 0.6) is 0 Å². The highest BCUT2D eigenvalue weighted by atomic mass is 35.5. The van der Waals surface area contributed by atoms with E-state index >= 15 is 4.39 Å². The Kier molecular flexibility index (Phi) is 6.75. The second kappa shape index (κ2) is 9.47. The molecule has 3 aromatic rings. The maximum Gasteiger partial charge on any atom is 0.348 e. The van der Waals surface area contributed by atoms with E-state index < -0.39 is 55.2 Å². The zero-order valence-corrected chi connectivity index (χ0v) is 19.0. The average Bonchev–Trinajstić information content (AvgIpc) is 3.33. The van der Waals surface area contributed by atoms with Crippen LogP contribution < -0.4 is 5.73 Å². The number of alkyl halides is 1. The van der Waals surface area contributed by atoms with Crippen LogP contribution in [0.2, 0.25) is 10.4 Å². The molecular formula is C19H17Cl2FN6O7. The Morgan fingerprint density at radius 2 is 1.94 bits per heavy atom. The lowest BCUT2D eigenvalue weighted by Crippen LogP contribution is -2.52. The molecule has 0 amide bonds. The first kappa shape index (κ1) is 24.9. The standard InChI is InChI=1S/C19H17Cl2FN6O7/c20-9-2-1-7(4-24-9)3-19(16(30)31,17(32)33)34-5-8-12(29)10(22)15(35-8)28-6-25-11-13(23)26-18(21)27-14(11)28/h1-2,4,6,8,10,12,15,29H,3,5H2,(H,30,31)(H,32,33)(H2,23,26,27)/t8-,10+,12-,15?/m1/s1. The molecule has 4 atom stereocenters. The lowest BCUT2D eigenvalue weighted by Gasteiger charge is -2.27. The third kappa shape index (κ3) is 4.58. The summed E-state index contributed by atoms with van der Waals surface area (Å²) in [7, 11) is 0. The molecule has 186 valence electrons. The van der Waals surface area contributed by atoms with Gasteiger partial charge in [0, 0.05) is 12.6 Å². The third-order valence-corrected chi connectivity index (χ3v) is 5.81. The number of ether oxygens (including phenoxy) is 2. The van der Waals surface area contributed by atoms with E-state index in [1.807, 2.05) is 0 Å². The minimum Gasteiger partial charge on any atom is -0.479 e. The van der Waals surface area contributed by atoms with Crippen LogP contribution in [0.15, 0.2) is 24.7 Å². The van der Waals surface area contributed by atoms with Crippen LogP contribution in [0.1, 0.15) is 11.8 Å². The summed E-state index contributed by atoms with van der Waals surface area (Å²) in [5.41, 5.74) is 3.32. The highest BCUT2D eigenvalue weighted by molar-refractivity contribution is 6.29. The molecule has 1 aliphatic heterocycles. The number of hydrogen-bond acceptors (Lipinski definition) is 10. The van der Waals surface area contributed by atoms with Crippen LogP contribution in [0, 0.1) is 0 Å². The van der Waals surface area contributed by atoms with Gasteiger partial charge in [0.05, 0.1) is 12.9 Å². The summed E-state index contributed by atoms with van der Waals surface area (Å²) in [6.07, 6.45) is -5.03. The summed E-state index contributed by atoms with van der Waals surface area (Å²) in [5.74, 6) is -3.69. The number of aliphatic hydroxyl groups is 1. The average molecular weight is 531 g/mol. The van der Waals surface area contributed by atoms with E-state index in [0.29, 0.717) is 0 Å². The molecular weight excluding hydrogens is 514 g/mol. The van der Waals surface area contributed by atoms with Gasteiger partial charge in [0.25, 0.3) is 5.60 Å². The predicted molar refractivity (Wildman–Crippen MR) is 116 cm³/mol. The molecule has 5 N–H and O–H groups in total. The summed E-state index contributed by atoms with van der Waals surface area (Å²) in [6, 6.07) is 2.74. The highest BCUT2D eigenvalue weighted by Crippen LogP contribution is 2.35. The van der Waals surface area contributed by atoms with Gasteiger partial charge in [-0.1, -0.05) is 17.7 Å². The Morgan fingerprint density at radius 3 is 2.57 bits per heavy atom. The van der Waals surface area contributed by atoms with Crippen molar-refractivity contribution in [1.29, 1.82) is 0 Å². The number of imidazole rings is 1. The molecule has 0 radical (unpaired) electrons. The number of hydrogen-bond donors (Lipinski definition) is 4. The van der Waals surface area contributed by atoms with Gasteiger partial charge in [-0.2, -0.15) is 9.97 Å². The van der Waals surface area contributed by atoms with Crippen molar-refractivity contribution in [3.8, 4) is 0 Å². The van der Waals surface area contributed by atoms with E-state index in [1.54, 1.807) is 0 Å². The molecule has 0 saturated carbocycles. The van der Waals surface area contributed by atoms with Crippen LogP contribution in [0.25, 0.3) is 11.2 Å². The number of carboxylic acid groups (broad SMARTS) is 2. The molecule has 1 unspecified atom stereocenters. The van der Waals surface area contributed by atoms with Crippen LogP contribution in [0.3, 0.4) is 0 Å². The lowest BCUT2D eigenvalue weighted by molar-refractivity contribution is -0.190. The number of rotatable bonds is 8. The molecule has 0 aliphatic carbocycles. The first-order valence-corrected chi connectivity index (χ1v) is 10.6. The number of nitrogens with two attached hydrogens (primary N) is 1. The largest absolute Gasteiger partial charge is 0.479 e. The van der Waals surface area contributed by atoms with Crippen molar-refractivity contribution in [1.82, 2.24) is 24.5 Å². The van der Waals surface area contributed by atoms with Gasteiger partial charge < -0.3 is 30.5 Å². The normalized spacial score (nSPS) is 22.5. The summed E-state index contributed by atoms with van der Waals surface area (Å²) >= 11 is 11.5. The van der Waals surface area contributed by atoms with E-state index in [1.165, 1.54) is 18.3 Å². The molecule has 4 rings (SSSR count). The molecule has 0 bridgehead atoms. The summed E-state index contributed by atoms with van der Waals surface area (Å²) < 4.78 is 27.0. The Hall–Kier alpha value is -3.17. The number of carbonyl (C=O) groups is 2. The van der Waals surface area contributed by atoms with Gasteiger partial charge in [-0.25, -0.2) is 23.9 Å². The van der Waals surface area contributed by atoms with E-state index in [0.717, 1.165) is 10.9 Å². The van der Waals surface area contributed by atoms with E-state index in [4.69, 9.17) is 38.4 Å². The second-order valence-electron chi connectivity index (χ2n) is 7.62. The first-order valence-electron chi connectivity index (χ1n) is 9.88.